The first-order chi connectivity index (χ1) is 11.6. The topological polar surface area (TPSA) is 60.2 Å². The van der Waals surface area contributed by atoms with E-state index in [2.05, 4.69) is 51.8 Å². The summed E-state index contributed by atoms with van der Waals surface area (Å²) < 4.78 is 0. The van der Waals surface area contributed by atoms with Crippen LogP contribution >= 0.6 is 0 Å². The van der Waals surface area contributed by atoms with E-state index in [0.29, 0.717) is 18.4 Å². The van der Waals surface area contributed by atoms with Gasteiger partial charge in [-0.05, 0) is 37.6 Å². The van der Waals surface area contributed by atoms with Gasteiger partial charge >= 0.3 is 6.03 Å². The molecule has 24 heavy (non-hydrogen) atoms. The molecular formula is C19H26N4O. The van der Waals surface area contributed by atoms with Gasteiger partial charge in [0.1, 0.15) is 0 Å². The van der Waals surface area contributed by atoms with Crippen LogP contribution in [0.4, 0.5) is 4.79 Å². The van der Waals surface area contributed by atoms with E-state index in [9.17, 15) is 4.79 Å². The van der Waals surface area contributed by atoms with E-state index in [4.69, 9.17) is 0 Å². The molecule has 3 atom stereocenters. The summed E-state index contributed by atoms with van der Waals surface area (Å²) in [5, 5.41) is 6.02. The summed E-state index contributed by atoms with van der Waals surface area (Å²) in [6.07, 6.45) is 1.87. The molecule has 1 aromatic carbocycles. The summed E-state index contributed by atoms with van der Waals surface area (Å²) in [6, 6.07) is 14.4. The molecule has 3 rings (SSSR count). The van der Waals surface area contributed by atoms with Crippen LogP contribution in [0.15, 0.2) is 48.7 Å². The van der Waals surface area contributed by atoms with Crippen LogP contribution in [0.5, 0.6) is 0 Å². The number of amides is 2. The van der Waals surface area contributed by atoms with E-state index >= 15 is 0 Å². The molecule has 2 amide bonds. The number of aromatic nitrogens is 1. The Morgan fingerprint density at radius 2 is 2.04 bits per heavy atom. The first-order valence-electron chi connectivity index (χ1n) is 8.54. The second-order valence-corrected chi connectivity index (χ2v) is 6.70. The van der Waals surface area contributed by atoms with E-state index in [1.54, 1.807) is 0 Å². The molecule has 0 bridgehead atoms. The van der Waals surface area contributed by atoms with Crippen molar-refractivity contribution in [1.82, 2.24) is 20.5 Å². The molecule has 0 saturated carbocycles. The van der Waals surface area contributed by atoms with Crippen molar-refractivity contribution in [2.75, 3.05) is 26.7 Å². The highest BCUT2D eigenvalue weighted by Crippen LogP contribution is 2.31. The van der Waals surface area contributed by atoms with Crippen molar-refractivity contribution in [2.45, 2.75) is 18.9 Å². The quantitative estimate of drug-likeness (QED) is 0.791. The summed E-state index contributed by atoms with van der Waals surface area (Å²) >= 11 is 0. The van der Waals surface area contributed by atoms with Crippen molar-refractivity contribution in [3.05, 3.63) is 59.9 Å². The van der Waals surface area contributed by atoms with Crippen LogP contribution in [0.2, 0.25) is 0 Å². The van der Waals surface area contributed by atoms with Gasteiger partial charge in [0.15, 0.2) is 0 Å². The maximum Gasteiger partial charge on any atom is 0.315 e. The highest BCUT2D eigenvalue weighted by molar-refractivity contribution is 5.74. The van der Waals surface area contributed by atoms with Crippen LogP contribution in [0.1, 0.15) is 30.1 Å². The number of carbonyl (C=O) groups is 1. The number of nitrogens with zero attached hydrogens (tertiary/aromatic N) is 1. The summed E-state index contributed by atoms with van der Waals surface area (Å²) in [4.78, 5) is 17.6. The minimum absolute atomic E-state index is 0.0313. The second-order valence-electron chi connectivity index (χ2n) is 6.70. The predicted molar refractivity (Wildman–Crippen MR) is 95.9 cm³/mol. The average molecular weight is 326 g/mol. The van der Waals surface area contributed by atoms with E-state index < -0.39 is 0 Å². The number of benzene rings is 1. The molecule has 0 aliphatic carbocycles. The SMILES string of the molecule is CC(NC(=O)NC[C@@H]1CN(C)C[C@H]1c1ccccc1)c1ccc[nH]1. The van der Waals surface area contributed by atoms with Crippen LogP contribution in [0.3, 0.4) is 0 Å². The number of likely N-dealkylation sites (tertiary alicyclic amines) is 1. The summed E-state index contributed by atoms with van der Waals surface area (Å²) in [5.41, 5.74) is 2.36. The fourth-order valence-electron chi connectivity index (χ4n) is 3.53. The van der Waals surface area contributed by atoms with Gasteiger partial charge in [-0.2, -0.15) is 0 Å². The molecule has 1 fully saturated rings. The Balaban J connectivity index is 1.54. The van der Waals surface area contributed by atoms with E-state index in [-0.39, 0.29) is 12.1 Å². The van der Waals surface area contributed by atoms with Crippen molar-refractivity contribution >= 4 is 6.03 Å². The van der Waals surface area contributed by atoms with E-state index in [0.717, 1.165) is 18.8 Å². The molecule has 0 radical (unpaired) electrons. The Morgan fingerprint density at radius 3 is 2.75 bits per heavy atom. The number of carbonyl (C=O) groups excluding carboxylic acids is 1. The standard InChI is InChI=1S/C19H26N4O/c1-14(18-9-6-10-20-18)22-19(24)21-11-16-12-23(2)13-17(16)15-7-4-3-5-8-15/h3-10,14,16-17,20H,11-13H2,1-2H3,(H2,21,22,24)/t14?,16-,17+/m1/s1. The van der Waals surface area contributed by atoms with Gasteiger partial charge < -0.3 is 20.5 Å². The van der Waals surface area contributed by atoms with Gasteiger partial charge in [0.25, 0.3) is 0 Å². The van der Waals surface area contributed by atoms with Crippen molar-refractivity contribution in [1.29, 1.82) is 0 Å². The van der Waals surface area contributed by atoms with Crippen LogP contribution in [0, 0.1) is 5.92 Å². The monoisotopic (exact) mass is 326 g/mol. The Kier molecular flexibility index (Phi) is 5.20. The maximum atomic E-state index is 12.2. The zero-order valence-corrected chi connectivity index (χ0v) is 14.3. The zero-order chi connectivity index (χ0) is 16.9. The van der Waals surface area contributed by atoms with Gasteiger partial charge in [0.05, 0.1) is 6.04 Å². The predicted octanol–water partition coefficient (Wildman–Crippen LogP) is 2.72. The van der Waals surface area contributed by atoms with E-state index in [1.165, 1.54) is 5.56 Å². The van der Waals surface area contributed by atoms with Crippen LogP contribution < -0.4 is 10.6 Å². The lowest BCUT2D eigenvalue weighted by atomic mass is 9.89. The Hall–Kier alpha value is -2.27. The number of urea groups is 1. The fourth-order valence-corrected chi connectivity index (χ4v) is 3.53. The van der Waals surface area contributed by atoms with Crippen molar-refractivity contribution in [3.63, 3.8) is 0 Å². The first-order valence-corrected chi connectivity index (χ1v) is 8.54. The van der Waals surface area contributed by atoms with Crippen molar-refractivity contribution in [3.8, 4) is 0 Å². The maximum absolute atomic E-state index is 12.2. The average Bonchev–Trinajstić information content (AvgIpc) is 3.23. The number of nitrogens with one attached hydrogen (secondary N) is 3. The summed E-state index contributed by atoms with van der Waals surface area (Å²) in [7, 11) is 2.14. The number of hydrogen-bond donors (Lipinski definition) is 3. The number of aromatic amines is 1. The molecule has 1 unspecified atom stereocenters. The molecule has 1 aliphatic rings. The lowest BCUT2D eigenvalue weighted by Gasteiger charge is -2.20. The van der Waals surface area contributed by atoms with Gasteiger partial charge in [-0.1, -0.05) is 30.3 Å². The second kappa shape index (κ2) is 7.53. The number of hydrogen-bond acceptors (Lipinski definition) is 2. The third-order valence-corrected chi connectivity index (χ3v) is 4.81. The smallest absolute Gasteiger partial charge is 0.315 e. The number of rotatable bonds is 5. The normalized spacial score (nSPS) is 22.2. The van der Waals surface area contributed by atoms with Crippen LogP contribution in [-0.2, 0) is 0 Å². The van der Waals surface area contributed by atoms with E-state index in [1.807, 2.05) is 31.3 Å². The fraction of sp³-hybridized carbons (Fsp3) is 0.421. The van der Waals surface area contributed by atoms with Crippen LogP contribution in [-0.4, -0.2) is 42.6 Å². The molecule has 128 valence electrons. The third-order valence-electron chi connectivity index (χ3n) is 4.81. The molecule has 1 saturated heterocycles. The third kappa shape index (κ3) is 3.97. The largest absolute Gasteiger partial charge is 0.363 e. The lowest BCUT2D eigenvalue weighted by molar-refractivity contribution is 0.235. The Bertz CT molecular complexity index is 641. The minimum atomic E-state index is -0.113. The molecule has 1 aromatic heterocycles. The summed E-state index contributed by atoms with van der Waals surface area (Å²) in [6.45, 7) is 4.71. The minimum Gasteiger partial charge on any atom is -0.363 e. The number of H-pyrrole nitrogens is 1. The molecule has 1 aliphatic heterocycles. The van der Waals surface area contributed by atoms with Gasteiger partial charge in [-0.25, -0.2) is 4.79 Å². The Morgan fingerprint density at radius 1 is 1.25 bits per heavy atom. The van der Waals surface area contributed by atoms with Crippen LogP contribution in [0.25, 0.3) is 0 Å². The molecule has 3 N–H and O–H groups in total. The Labute approximate surface area is 143 Å². The van der Waals surface area contributed by atoms with Gasteiger partial charge in [0, 0.05) is 37.4 Å². The number of likely N-dealkylation sites (N-methyl/N-ethyl adjacent to an activating group) is 1. The highest BCUT2D eigenvalue weighted by atomic mass is 16.2. The van der Waals surface area contributed by atoms with Crippen molar-refractivity contribution in [2.24, 2.45) is 5.92 Å². The molecule has 5 nitrogen and oxygen atoms in total. The zero-order valence-electron chi connectivity index (χ0n) is 14.3. The molecule has 0 spiro atoms. The summed E-state index contributed by atoms with van der Waals surface area (Å²) in [5.74, 6) is 0.904. The van der Waals surface area contributed by atoms with Crippen molar-refractivity contribution < 1.29 is 4.79 Å². The lowest BCUT2D eigenvalue weighted by Crippen LogP contribution is -2.40. The molecule has 2 heterocycles. The molecule has 5 heteroatoms. The molecular weight excluding hydrogens is 300 g/mol. The highest BCUT2D eigenvalue weighted by Gasteiger charge is 2.32. The van der Waals surface area contributed by atoms with Gasteiger partial charge in [-0.15, -0.1) is 0 Å². The molecule has 2 aromatic rings. The van der Waals surface area contributed by atoms with Gasteiger partial charge in [-0.3, -0.25) is 0 Å². The van der Waals surface area contributed by atoms with Gasteiger partial charge in [0.2, 0.25) is 0 Å². The first kappa shape index (κ1) is 16.6.